The first-order chi connectivity index (χ1) is 10.5. The first-order valence-corrected chi connectivity index (χ1v) is 7.72. The van der Waals surface area contributed by atoms with E-state index in [0.29, 0.717) is 36.9 Å². The topological polar surface area (TPSA) is 80.3 Å². The van der Waals surface area contributed by atoms with E-state index in [4.69, 9.17) is 4.74 Å². The van der Waals surface area contributed by atoms with E-state index in [0.717, 1.165) is 6.42 Å². The number of carbonyl (C=O) groups is 2. The van der Waals surface area contributed by atoms with Gasteiger partial charge >= 0.3 is 0 Å². The summed E-state index contributed by atoms with van der Waals surface area (Å²) in [5.41, 5.74) is 0.139. The zero-order valence-electron chi connectivity index (χ0n) is 12.7. The van der Waals surface area contributed by atoms with E-state index in [2.05, 4.69) is 15.6 Å². The van der Waals surface area contributed by atoms with E-state index in [1.54, 1.807) is 12.1 Å². The van der Waals surface area contributed by atoms with Crippen LogP contribution >= 0.6 is 0 Å². The van der Waals surface area contributed by atoms with E-state index in [1.807, 2.05) is 6.92 Å². The van der Waals surface area contributed by atoms with Crippen molar-refractivity contribution in [3.63, 3.8) is 0 Å². The predicted octanol–water partition coefficient (Wildman–Crippen LogP) is 1.27. The van der Waals surface area contributed by atoms with Crippen LogP contribution in [0.25, 0.3) is 0 Å². The van der Waals surface area contributed by atoms with Crippen LogP contribution in [0.2, 0.25) is 0 Å². The Morgan fingerprint density at radius 1 is 1.50 bits per heavy atom. The zero-order chi connectivity index (χ0) is 15.6. The van der Waals surface area contributed by atoms with Crippen molar-refractivity contribution in [3.05, 3.63) is 23.9 Å². The lowest BCUT2D eigenvalue weighted by atomic mass is 10.0. The highest BCUT2D eigenvalue weighted by molar-refractivity contribution is 5.94. The summed E-state index contributed by atoms with van der Waals surface area (Å²) in [4.78, 5) is 27.5. The second kappa shape index (κ2) is 5.94. The average Bonchev–Trinajstić information content (AvgIpc) is 3.28. The van der Waals surface area contributed by atoms with Crippen molar-refractivity contribution in [2.75, 3.05) is 13.2 Å². The van der Waals surface area contributed by atoms with Gasteiger partial charge in [-0.05, 0) is 38.2 Å². The molecule has 0 bridgehead atoms. The molecule has 1 saturated heterocycles. The Hall–Kier alpha value is -2.11. The molecule has 1 aliphatic carbocycles. The molecule has 6 heteroatoms. The van der Waals surface area contributed by atoms with Crippen LogP contribution < -0.4 is 15.4 Å². The minimum absolute atomic E-state index is 0.0376. The van der Waals surface area contributed by atoms with Gasteiger partial charge in [0.05, 0.1) is 17.7 Å². The molecular weight excluding hydrogens is 282 g/mol. The lowest BCUT2D eigenvalue weighted by Gasteiger charge is -2.24. The van der Waals surface area contributed by atoms with Gasteiger partial charge < -0.3 is 15.4 Å². The summed E-state index contributed by atoms with van der Waals surface area (Å²) >= 11 is 0. The molecule has 1 aliphatic heterocycles. The second-order valence-corrected chi connectivity index (χ2v) is 6.43. The number of hydrogen-bond donors (Lipinski definition) is 2. The number of nitrogens with one attached hydrogen (secondary N) is 2. The molecule has 1 aromatic rings. The molecule has 1 unspecified atom stereocenters. The maximum Gasteiger partial charge on any atom is 0.252 e. The van der Waals surface area contributed by atoms with Crippen LogP contribution in [0, 0.1) is 5.92 Å². The Labute approximate surface area is 129 Å². The van der Waals surface area contributed by atoms with E-state index in [-0.39, 0.29) is 17.4 Å². The third-order valence-corrected chi connectivity index (χ3v) is 4.15. The highest BCUT2D eigenvalue weighted by atomic mass is 16.5. The van der Waals surface area contributed by atoms with Gasteiger partial charge in [-0.3, -0.25) is 9.59 Å². The van der Waals surface area contributed by atoms with Gasteiger partial charge in [-0.2, -0.15) is 0 Å². The average molecular weight is 303 g/mol. The molecule has 0 spiro atoms. The number of hydrogen-bond acceptors (Lipinski definition) is 4. The SMILES string of the molecule is CC1(CNC(=O)c2ccc(OCC3CC3)nc2)CCC(=O)N1. The minimum Gasteiger partial charge on any atom is -0.477 e. The smallest absolute Gasteiger partial charge is 0.252 e. The van der Waals surface area contributed by atoms with Crippen LogP contribution in [0.3, 0.4) is 0 Å². The molecule has 2 fully saturated rings. The summed E-state index contributed by atoms with van der Waals surface area (Å²) in [6, 6.07) is 3.43. The molecule has 2 heterocycles. The lowest BCUT2D eigenvalue weighted by Crippen LogP contribution is -2.48. The van der Waals surface area contributed by atoms with Crippen LogP contribution in [0.4, 0.5) is 0 Å². The maximum atomic E-state index is 12.1. The van der Waals surface area contributed by atoms with Gasteiger partial charge in [0.1, 0.15) is 0 Å². The lowest BCUT2D eigenvalue weighted by molar-refractivity contribution is -0.119. The number of amides is 2. The predicted molar refractivity (Wildman–Crippen MR) is 80.6 cm³/mol. The fourth-order valence-corrected chi connectivity index (χ4v) is 2.45. The first-order valence-electron chi connectivity index (χ1n) is 7.72. The van der Waals surface area contributed by atoms with Gasteiger partial charge in [0.2, 0.25) is 11.8 Å². The summed E-state index contributed by atoms with van der Waals surface area (Å²) in [5.74, 6) is 1.07. The van der Waals surface area contributed by atoms with Gasteiger partial charge in [0.15, 0.2) is 0 Å². The van der Waals surface area contributed by atoms with Gasteiger partial charge in [0.25, 0.3) is 5.91 Å². The van der Waals surface area contributed by atoms with Crippen LogP contribution in [0.15, 0.2) is 18.3 Å². The number of pyridine rings is 1. The summed E-state index contributed by atoms with van der Waals surface area (Å²) in [5, 5.41) is 5.74. The van der Waals surface area contributed by atoms with Crippen LogP contribution in [0.5, 0.6) is 5.88 Å². The summed E-state index contributed by atoms with van der Waals surface area (Å²) in [7, 11) is 0. The molecule has 118 valence electrons. The number of carbonyl (C=O) groups excluding carboxylic acids is 2. The largest absolute Gasteiger partial charge is 0.477 e. The molecule has 22 heavy (non-hydrogen) atoms. The van der Waals surface area contributed by atoms with Gasteiger partial charge in [-0.15, -0.1) is 0 Å². The molecular formula is C16H21N3O3. The Kier molecular flexibility index (Phi) is 4.00. The van der Waals surface area contributed by atoms with Gasteiger partial charge in [-0.25, -0.2) is 4.98 Å². The Bertz CT molecular complexity index is 569. The molecule has 1 saturated carbocycles. The molecule has 1 atom stereocenters. The molecule has 0 radical (unpaired) electrons. The van der Waals surface area contributed by atoms with E-state index < -0.39 is 0 Å². The first kappa shape index (κ1) is 14.8. The fourth-order valence-electron chi connectivity index (χ4n) is 2.45. The van der Waals surface area contributed by atoms with Gasteiger partial charge in [0, 0.05) is 25.2 Å². The Morgan fingerprint density at radius 2 is 2.32 bits per heavy atom. The van der Waals surface area contributed by atoms with Crippen molar-refractivity contribution in [1.82, 2.24) is 15.6 Å². The number of rotatable bonds is 6. The maximum absolute atomic E-state index is 12.1. The Morgan fingerprint density at radius 3 is 2.91 bits per heavy atom. The zero-order valence-corrected chi connectivity index (χ0v) is 12.7. The highest BCUT2D eigenvalue weighted by Gasteiger charge is 2.33. The molecule has 0 aromatic carbocycles. The Balaban J connectivity index is 1.49. The number of aromatic nitrogens is 1. The van der Waals surface area contributed by atoms with Crippen molar-refractivity contribution in [3.8, 4) is 5.88 Å². The van der Waals surface area contributed by atoms with Crippen LogP contribution in [-0.4, -0.2) is 35.5 Å². The quantitative estimate of drug-likeness (QED) is 0.829. The second-order valence-electron chi connectivity index (χ2n) is 6.43. The molecule has 1 aromatic heterocycles. The molecule has 2 amide bonds. The third-order valence-electron chi connectivity index (χ3n) is 4.15. The third kappa shape index (κ3) is 3.75. The van der Waals surface area contributed by atoms with Crippen molar-refractivity contribution in [1.29, 1.82) is 0 Å². The summed E-state index contributed by atoms with van der Waals surface area (Å²) in [6.45, 7) is 3.05. The summed E-state index contributed by atoms with van der Waals surface area (Å²) in [6.07, 6.45) is 5.23. The van der Waals surface area contributed by atoms with Crippen molar-refractivity contribution in [2.24, 2.45) is 5.92 Å². The normalized spacial score (nSPS) is 24.0. The van der Waals surface area contributed by atoms with E-state index in [9.17, 15) is 9.59 Å². The van der Waals surface area contributed by atoms with Crippen molar-refractivity contribution < 1.29 is 14.3 Å². The molecule has 2 aliphatic rings. The van der Waals surface area contributed by atoms with Crippen LogP contribution in [-0.2, 0) is 4.79 Å². The fraction of sp³-hybridized carbons (Fsp3) is 0.562. The van der Waals surface area contributed by atoms with E-state index >= 15 is 0 Å². The number of nitrogens with zero attached hydrogens (tertiary/aromatic N) is 1. The van der Waals surface area contributed by atoms with E-state index in [1.165, 1.54) is 19.0 Å². The molecule has 3 rings (SSSR count). The summed E-state index contributed by atoms with van der Waals surface area (Å²) < 4.78 is 5.54. The van der Waals surface area contributed by atoms with Crippen molar-refractivity contribution >= 4 is 11.8 Å². The molecule has 2 N–H and O–H groups in total. The van der Waals surface area contributed by atoms with Crippen molar-refractivity contribution in [2.45, 2.75) is 38.1 Å². The number of ether oxygens (including phenoxy) is 1. The standard InChI is InChI=1S/C16H21N3O3/c1-16(7-6-13(20)19-16)10-18-15(21)12-4-5-14(17-8-12)22-9-11-2-3-11/h4-5,8,11H,2-3,6-7,9-10H2,1H3,(H,18,21)(H,19,20). The molecule has 6 nitrogen and oxygen atoms in total. The minimum atomic E-state index is -0.354. The van der Waals surface area contributed by atoms with Crippen LogP contribution in [0.1, 0.15) is 43.0 Å². The highest BCUT2D eigenvalue weighted by Crippen LogP contribution is 2.29. The van der Waals surface area contributed by atoms with Gasteiger partial charge in [-0.1, -0.05) is 0 Å². The monoisotopic (exact) mass is 303 g/mol.